The Kier molecular flexibility index (Phi) is 8.34. The summed E-state index contributed by atoms with van der Waals surface area (Å²) in [5, 5.41) is 0. The van der Waals surface area contributed by atoms with Gasteiger partial charge in [0, 0.05) is 36.9 Å². The molecule has 1 atom stereocenters. The van der Waals surface area contributed by atoms with Crippen molar-refractivity contribution in [3.63, 3.8) is 0 Å². The highest BCUT2D eigenvalue weighted by Gasteiger charge is 2.30. The molecule has 168 valence electrons. The molecule has 1 amide bonds. The van der Waals surface area contributed by atoms with Gasteiger partial charge in [-0.25, -0.2) is 18.3 Å². The summed E-state index contributed by atoms with van der Waals surface area (Å²) in [6.07, 6.45) is 0.685. The number of nitrogens with zero attached hydrogens (tertiary/aromatic N) is 2. The third kappa shape index (κ3) is 6.75. The molecule has 0 spiro atoms. The number of piperidine rings is 1. The number of ether oxygens (including phenoxy) is 2. The van der Waals surface area contributed by atoms with Crippen molar-refractivity contribution in [2.24, 2.45) is 0 Å². The molecule has 1 unspecified atom stereocenters. The van der Waals surface area contributed by atoms with E-state index in [9.17, 15) is 22.7 Å². The summed E-state index contributed by atoms with van der Waals surface area (Å²) in [6.45, 7) is 6.23. The molecule has 1 aliphatic heterocycles. The van der Waals surface area contributed by atoms with Crippen molar-refractivity contribution < 1.29 is 32.2 Å². The lowest BCUT2D eigenvalue weighted by Gasteiger charge is -2.39. The van der Waals surface area contributed by atoms with Crippen LogP contribution in [0.2, 0.25) is 0 Å². The first kappa shape index (κ1) is 24.2. The van der Waals surface area contributed by atoms with Gasteiger partial charge in [-0.2, -0.15) is 0 Å². The Labute approximate surface area is 178 Å². The van der Waals surface area contributed by atoms with Crippen molar-refractivity contribution in [3.8, 4) is 0 Å². The van der Waals surface area contributed by atoms with E-state index in [-0.39, 0.29) is 24.6 Å². The highest BCUT2D eigenvalue weighted by atomic mass is 32.2. The summed E-state index contributed by atoms with van der Waals surface area (Å²) in [5.41, 5.74) is -0.189. The van der Waals surface area contributed by atoms with E-state index in [2.05, 4.69) is 4.74 Å². The van der Waals surface area contributed by atoms with E-state index in [4.69, 9.17) is 4.74 Å². The molecule has 1 aromatic carbocycles. The van der Waals surface area contributed by atoms with Gasteiger partial charge in [-0.15, -0.1) is 0 Å². The number of halogens is 1. The molecule has 30 heavy (non-hydrogen) atoms. The summed E-state index contributed by atoms with van der Waals surface area (Å²) in [7, 11) is 1.21. The SMILES string of the molecule is COC(=O)c1ccc(CCN(C2CCN(C(=O)OC(C)(C)C)CC2)S(=O)[O-])c(F)c1. The fourth-order valence-electron chi connectivity index (χ4n) is 3.27. The van der Waals surface area contributed by atoms with E-state index in [0.717, 1.165) is 6.07 Å². The summed E-state index contributed by atoms with van der Waals surface area (Å²) in [4.78, 5) is 25.2. The predicted octanol–water partition coefficient (Wildman–Crippen LogP) is 2.65. The average molecular weight is 444 g/mol. The van der Waals surface area contributed by atoms with Crippen LogP contribution in [0.4, 0.5) is 9.18 Å². The standard InChI is InChI=1S/C20H29FN2O6S/c1-20(2,3)29-19(25)22-10-8-16(9-11-22)23(30(26)27)12-7-14-5-6-15(13-17(14)21)18(24)28-4/h5-6,13,16H,7-12H2,1-4H3,(H,26,27)/p-1. The van der Waals surface area contributed by atoms with E-state index >= 15 is 0 Å². The Morgan fingerprint density at radius 3 is 2.43 bits per heavy atom. The fourth-order valence-corrected chi connectivity index (χ4v) is 3.96. The van der Waals surface area contributed by atoms with Crippen LogP contribution in [-0.2, 0) is 27.2 Å². The minimum absolute atomic E-state index is 0.0949. The topological polar surface area (TPSA) is 99.2 Å². The van der Waals surface area contributed by atoms with Crippen molar-refractivity contribution in [2.75, 3.05) is 26.7 Å². The van der Waals surface area contributed by atoms with Crippen LogP contribution < -0.4 is 0 Å². The van der Waals surface area contributed by atoms with E-state index < -0.39 is 34.7 Å². The molecular weight excluding hydrogens is 415 g/mol. The van der Waals surface area contributed by atoms with Crippen LogP contribution in [0.5, 0.6) is 0 Å². The first-order valence-electron chi connectivity index (χ1n) is 9.72. The van der Waals surface area contributed by atoms with Gasteiger partial charge in [0.15, 0.2) is 0 Å². The number of esters is 1. The van der Waals surface area contributed by atoms with Gasteiger partial charge in [0.05, 0.1) is 12.7 Å². The smallest absolute Gasteiger partial charge is 0.410 e. The maximum atomic E-state index is 14.3. The van der Waals surface area contributed by atoms with Gasteiger partial charge in [0.1, 0.15) is 11.4 Å². The molecule has 1 heterocycles. The van der Waals surface area contributed by atoms with Gasteiger partial charge in [-0.3, -0.25) is 4.21 Å². The van der Waals surface area contributed by atoms with Crippen molar-refractivity contribution in [2.45, 2.75) is 51.7 Å². The Morgan fingerprint density at radius 2 is 1.93 bits per heavy atom. The second kappa shape index (κ2) is 10.3. The third-order valence-corrected chi connectivity index (χ3v) is 5.65. The Balaban J connectivity index is 1.95. The molecule has 0 radical (unpaired) electrons. The Bertz CT molecular complexity index is 790. The molecule has 0 bridgehead atoms. The molecule has 8 nitrogen and oxygen atoms in total. The van der Waals surface area contributed by atoms with Gasteiger partial charge in [-0.05, 0) is 57.7 Å². The van der Waals surface area contributed by atoms with Gasteiger partial charge in [0.2, 0.25) is 0 Å². The normalized spacial score (nSPS) is 16.4. The quantitative estimate of drug-likeness (QED) is 0.495. The van der Waals surface area contributed by atoms with E-state index in [0.29, 0.717) is 31.5 Å². The van der Waals surface area contributed by atoms with E-state index in [1.807, 2.05) is 0 Å². The van der Waals surface area contributed by atoms with Crippen LogP contribution in [0.3, 0.4) is 0 Å². The van der Waals surface area contributed by atoms with Crippen LogP contribution in [0.25, 0.3) is 0 Å². The lowest BCUT2D eigenvalue weighted by Crippen LogP contribution is -2.48. The maximum absolute atomic E-state index is 14.3. The number of hydrogen-bond acceptors (Lipinski definition) is 6. The van der Waals surface area contributed by atoms with Crippen molar-refractivity contribution in [3.05, 3.63) is 35.1 Å². The van der Waals surface area contributed by atoms with Crippen LogP contribution in [0, 0.1) is 5.82 Å². The number of rotatable bonds is 6. The molecule has 0 aromatic heterocycles. The summed E-state index contributed by atoms with van der Waals surface area (Å²) < 4.78 is 49.0. The highest BCUT2D eigenvalue weighted by Crippen LogP contribution is 2.21. The molecule has 0 N–H and O–H groups in total. The molecule has 0 saturated carbocycles. The van der Waals surface area contributed by atoms with Crippen LogP contribution in [0.15, 0.2) is 18.2 Å². The zero-order chi connectivity index (χ0) is 22.5. The number of carbonyl (C=O) groups excluding carboxylic acids is 2. The van der Waals surface area contributed by atoms with E-state index in [1.165, 1.54) is 23.5 Å². The number of carbonyl (C=O) groups is 2. The zero-order valence-electron chi connectivity index (χ0n) is 17.7. The van der Waals surface area contributed by atoms with E-state index in [1.54, 1.807) is 25.7 Å². The summed E-state index contributed by atoms with van der Waals surface area (Å²) in [5.74, 6) is -1.23. The molecule has 1 fully saturated rings. The molecule has 1 aliphatic rings. The number of benzene rings is 1. The van der Waals surface area contributed by atoms with Crippen molar-refractivity contribution >= 4 is 23.3 Å². The average Bonchev–Trinajstić information content (AvgIpc) is 2.67. The summed E-state index contributed by atoms with van der Waals surface area (Å²) >= 11 is -2.48. The second-order valence-corrected chi connectivity index (χ2v) is 9.01. The predicted molar refractivity (Wildman–Crippen MR) is 108 cm³/mol. The van der Waals surface area contributed by atoms with Crippen molar-refractivity contribution in [1.29, 1.82) is 0 Å². The lowest BCUT2D eigenvalue weighted by molar-refractivity contribution is 0.0177. The second-order valence-electron chi connectivity index (χ2n) is 8.10. The minimum Gasteiger partial charge on any atom is -0.760 e. The minimum atomic E-state index is -2.48. The number of methoxy groups -OCH3 is 1. The van der Waals surface area contributed by atoms with Crippen LogP contribution >= 0.6 is 0 Å². The van der Waals surface area contributed by atoms with Gasteiger partial charge < -0.3 is 18.9 Å². The number of amides is 1. The third-order valence-electron chi connectivity index (χ3n) is 4.79. The Hall–Kier alpha value is -2.04. The molecule has 1 aromatic rings. The van der Waals surface area contributed by atoms with Crippen molar-refractivity contribution in [1.82, 2.24) is 9.21 Å². The monoisotopic (exact) mass is 443 g/mol. The molecule has 0 aliphatic carbocycles. The lowest BCUT2D eigenvalue weighted by atomic mass is 10.0. The molecule has 10 heteroatoms. The first-order valence-corrected chi connectivity index (χ1v) is 10.8. The summed E-state index contributed by atoms with van der Waals surface area (Å²) in [6, 6.07) is 3.71. The molecule has 1 saturated heterocycles. The molecular formula is C20H28FN2O6S-. The van der Waals surface area contributed by atoms with Crippen LogP contribution in [-0.4, -0.2) is 68.4 Å². The van der Waals surface area contributed by atoms with Gasteiger partial charge in [-0.1, -0.05) is 6.07 Å². The van der Waals surface area contributed by atoms with Gasteiger partial charge in [0.25, 0.3) is 0 Å². The first-order chi connectivity index (χ1) is 14.0. The highest BCUT2D eigenvalue weighted by molar-refractivity contribution is 7.76. The molecule has 2 rings (SSSR count). The maximum Gasteiger partial charge on any atom is 0.410 e. The zero-order valence-corrected chi connectivity index (χ0v) is 18.5. The number of hydrogen-bond donors (Lipinski definition) is 0. The largest absolute Gasteiger partial charge is 0.760 e. The Morgan fingerprint density at radius 1 is 1.30 bits per heavy atom. The van der Waals surface area contributed by atoms with Gasteiger partial charge >= 0.3 is 12.1 Å². The van der Waals surface area contributed by atoms with Crippen LogP contribution in [0.1, 0.15) is 49.5 Å². The fraction of sp³-hybridized carbons (Fsp3) is 0.600. The number of likely N-dealkylation sites (tertiary alicyclic amines) is 1.